The lowest BCUT2D eigenvalue weighted by atomic mass is 10.0. The van der Waals surface area contributed by atoms with Crippen LogP contribution in [0.1, 0.15) is 61.1 Å². The van der Waals surface area contributed by atoms with Gasteiger partial charge in [-0.2, -0.15) is 4.31 Å². The van der Waals surface area contributed by atoms with Gasteiger partial charge in [0.05, 0.1) is 16.5 Å². The van der Waals surface area contributed by atoms with Crippen molar-refractivity contribution in [3.8, 4) is 0 Å². The lowest BCUT2D eigenvalue weighted by molar-refractivity contribution is -0.125. The van der Waals surface area contributed by atoms with Gasteiger partial charge in [0.1, 0.15) is 6.04 Å². The number of halogens is 2. The molecule has 2 aromatic rings. The molecule has 2 saturated heterocycles. The Bertz CT molecular complexity index is 1280. The molecule has 200 valence electrons. The molecule has 8 nitrogen and oxygen atoms in total. The summed E-state index contributed by atoms with van der Waals surface area (Å²) in [6, 6.07) is 10.2. The van der Waals surface area contributed by atoms with Crippen LogP contribution >= 0.6 is 0 Å². The van der Waals surface area contributed by atoms with Crippen molar-refractivity contribution in [2.75, 3.05) is 19.6 Å². The Hall–Kier alpha value is -2.89. The van der Waals surface area contributed by atoms with Gasteiger partial charge in [0.15, 0.2) is 0 Å². The number of hydrogen-bond donors (Lipinski definition) is 2. The van der Waals surface area contributed by atoms with E-state index in [4.69, 9.17) is 0 Å². The quantitative estimate of drug-likeness (QED) is 0.567. The van der Waals surface area contributed by atoms with Gasteiger partial charge in [0.25, 0.3) is 11.8 Å². The zero-order valence-corrected chi connectivity index (χ0v) is 21.8. The number of carbonyl (C=O) groups excluding carboxylic acids is 2. The SMILES string of the molecule is C[C@@H](NC(=O)[C@H]1CCCN1C(=O)c1cccc(S(=O)(=O)N2CC(C)(O)C2)c1)c1ccc(C(C)(F)F)cc1. The molecule has 0 aliphatic carbocycles. The monoisotopic (exact) mass is 535 g/mol. The van der Waals surface area contributed by atoms with E-state index in [0.717, 1.165) is 11.2 Å². The highest BCUT2D eigenvalue weighted by atomic mass is 32.2. The van der Waals surface area contributed by atoms with Crippen LogP contribution in [-0.4, -0.2) is 65.8 Å². The lowest BCUT2D eigenvalue weighted by Crippen LogP contribution is -2.61. The van der Waals surface area contributed by atoms with Crippen molar-refractivity contribution in [2.45, 2.75) is 62.1 Å². The van der Waals surface area contributed by atoms with E-state index in [2.05, 4.69) is 5.32 Å². The lowest BCUT2D eigenvalue weighted by Gasteiger charge is -2.42. The topological polar surface area (TPSA) is 107 Å². The molecular weight excluding hydrogens is 504 g/mol. The summed E-state index contributed by atoms with van der Waals surface area (Å²) < 4.78 is 53.9. The minimum atomic E-state index is -3.87. The van der Waals surface area contributed by atoms with Gasteiger partial charge in [0.2, 0.25) is 15.9 Å². The Labute approximate surface area is 215 Å². The summed E-state index contributed by atoms with van der Waals surface area (Å²) in [5.74, 6) is -3.77. The van der Waals surface area contributed by atoms with Crippen LogP contribution in [0.5, 0.6) is 0 Å². The number of rotatable bonds is 7. The first kappa shape index (κ1) is 27.2. The minimum absolute atomic E-state index is 0.0241. The van der Waals surface area contributed by atoms with E-state index < -0.39 is 39.5 Å². The average molecular weight is 536 g/mol. The van der Waals surface area contributed by atoms with Crippen LogP contribution in [0.2, 0.25) is 0 Å². The molecule has 2 aliphatic heterocycles. The van der Waals surface area contributed by atoms with Crippen LogP contribution in [-0.2, 0) is 20.7 Å². The Kier molecular flexibility index (Phi) is 7.17. The van der Waals surface area contributed by atoms with Crippen molar-refractivity contribution in [1.29, 1.82) is 0 Å². The maximum atomic E-state index is 13.5. The second-order valence-electron chi connectivity index (χ2n) is 10.2. The summed E-state index contributed by atoms with van der Waals surface area (Å²) in [6.07, 6.45) is 1.06. The third-order valence-electron chi connectivity index (χ3n) is 6.85. The van der Waals surface area contributed by atoms with Crippen molar-refractivity contribution in [1.82, 2.24) is 14.5 Å². The maximum absolute atomic E-state index is 13.5. The van der Waals surface area contributed by atoms with E-state index in [1.54, 1.807) is 26.0 Å². The number of carbonyl (C=O) groups is 2. The first-order valence-electron chi connectivity index (χ1n) is 12.1. The second-order valence-corrected chi connectivity index (χ2v) is 12.1. The van der Waals surface area contributed by atoms with Crippen LogP contribution < -0.4 is 5.32 Å². The maximum Gasteiger partial charge on any atom is 0.270 e. The van der Waals surface area contributed by atoms with E-state index >= 15 is 0 Å². The minimum Gasteiger partial charge on any atom is -0.387 e. The standard InChI is InChI=1S/C26H31F2N3O5S/c1-17(18-9-11-20(12-10-18)26(3,27)28)29-23(32)22-8-5-13-31(22)24(33)19-6-4-7-21(14-19)37(35,36)30-15-25(2,34)16-30/h4,6-7,9-12,14,17,22,34H,5,8,13,15-16H2,1-3H3,(H,29,32)/t17-,22-/m1/s1. The van der Waals surface area contributed by atoms with E-state index in [1.165, 1.54) is 41.3 Å². The fourth-order valence-corrected chi connectivity index (χ4v) is 6.45. The summed E-state index contributed by atoms with van der Waals surface area (Å²) in [5, 5.41) is 12.8. The van der Waals surface area contributed by atoms with Gasteiger partial charge < -0.3 is 15.3 Å². The highest BCUT2D eigenvalue weighted by molar-refractivity contribution is 7.89. The van der Waals surface area contributed by atoms with Gasteiger partial charge in [-0.05, 0) is 50.5 Å². The Morgan fingerprint density at radius 3 is 2.41 bits per heavy atom. The van der Waals surface area contributed by atoms with Crippen molar-refractivity contribution in [3.05, 3.63) is 65.2 Å². The molecule has 11 heteroatoms. The highest BCUT2D eigenvalue weighted by Gasteiger charge is 2.44. The molecule has 0 aromatic heterocycles. The number of β-amino-alcohol motifs (C(OH)–C–C–N with tert-alkyl or cyclic N) is 1. The van der Waals surface area contributed by atoms with Crippen molar-refractivity contribution < 1.29 is 31.9 Å². The normalized spacial score (nSPS) is 20.8. The summed E-state index contributed by atoms with van der Waals surface area (Å²) in [6.45, 7) is 4.40. The van der Waals surface area contributed by atoms with Gasteiger partial charge in [0, 0.05) is 37.7 Å². The molecule has 0 radical (unpaired) electrons. The predicted molar refractivity (Wildman–Crippen MR) is 132 cm³/mol. The molecule has 2 N–H and O–H groups in total. The van der Waals surface area contributed by atoms with Crippen LogP contribution in [0, 0.1) is 0 Å². The molecule has 2 aromatic carbocycles. The second kappa shape index (κ2) is 9.77. The molecule has 4 rings (SSSR count). The van der Waals surface area contributed by atoms with Crippen LogP contribution in [0.3, 0.4) is 0 Å². The zero-order valence-electron chi connectivity index (χ0n) is 20.9. The number of aliphatic hydroxyl groups is 1. The van der Waals surface area contributed by atoms with Crippen molar-refractivity contribution >= 4 is 21.8 Å². The number of nitrogens with one attached hydrogen (secondary N) is 1. The molecule has 2 aliphatic rings. The van der Waals surface area contributed by atoms with E-state index in [-0.39, 0.29) is 35.0 Å². The fourth-order valence-electron chi connectivity index (χ4n) is 4.73. The Morgan fingerprint density at radius 2 is 1.81 bits per heavy atom. The molecule has 2 heterocycles. The molecule has 2 amide bonds. The molecule has 2 atom stereocenters. The predicted octanol–water partition coefficient (Wildman–Crippen LogP) is 3.04. The van der Waals surface area contributed by atoms with Crippen molar-refractivity contribution in [2.24, 2.45) is 0 Å². The van der Waals surface area contributed by atoms with Gasteiger partial charge in [-0.15, -0.1) is 0 Å². The number of benzene rings is 2. The van der Waals surface area contributed by atoms with Gasteiger partial charge in [-0.3, -0.25) is 9.59 Å². The number of alkyl halides is 2. The van der Waals surface area contributed by atoms with E-state index in [1.807, 2.05) is 0 Å². The Balaban J connectivity index is 1.45. The summed E-state index contributed by atoms with van der Waals surface area (Å²) in [5.41, 5.74) is -0.389. The smallest absolute Gasteiger partial charge is 0.270 e. The molecule has 0 bridgehead atoms. The van der Waals surface area contributed by atoms with Crippen LogP contribution in [0.4, 0.5) is 8.78 Å². The van der Waals surface area contributed by atoms with Gasteiger partial charge in [-0.1, -0.05) is 30.3 Å². The number of hydrogen-bond acceptors (Lipinski definition) is 5. The summed E-state index contributed by atoms with van der Waals surface area (Å²) in [4.78, 5) is 27.8. The number of likely N-dealkylation sites (tertiary alicyclic amines) is 1. The third-order valence-corrected chi connectivity index (χ3v) is 8.63. The average Bonchev–Trinajstić information content (AvgIpc) is 3.32. The van der Waals surface area contributed by atoms with Crippen molar-refractivity contribution in [3.63, 3.8) is 0 Å². The zero-order chi connectivity index (χ0) is 27.2. The third kappa shape index (κ3) is 5.68. The molecule has 2 fully saturated rings. The molecule has 37 heavy (non-hydrogen) atoms. The highest BCUT2D eigenvalue weighted by Crippen LogP contribution is 2.30. The number of sulfonamides is 1. The first-order valence-corrected chi connectivity index (χ1v) is 13.6. The molecular formula is C26H31F2N3O5S. The number of amides is 2. The first-order chi connectivity index (χ1) is 17.2. The van der Waals surface area contributed by atoms with Gasteiger partial charge in [-0.25, -0.2) is 17.2 Å². The van der Waals surface area contributed by atoms with Crippen LogP contribution in [0.25, 0.3) is 0 Å². The summed E-state index contributed by atoms with van der Waals surface area (Å²) >= 11 is 0. The largest absolute Gasteiger partial charge is 0.387 e. The fraction of sp³-hybridized carbons (Fsp3) is 0.462. The molecule has 0 saturated carbocycles. The molecule has 0 unspecified atom stereocenters. The Morgan fingerprint density at radius 1 is 1.16 bits per heavy atom. The molecule has 0 spiro atoms. The van der Waals surface area contributed by atoms with E-state index in [9.17, 15) is 31.9 Å². The van der Waals surface area contributed by atoms with Gasteiger partial charge >= 0.3 is 0 Å². The van der Waals surface area contributed by atoms with E-state index in [0.29, 0.717) is 24.9 Å². The van der Waals surface area contributed by atoms with Crippen LogP contribution in [0.15, 0.2) is 53.4 Å². The summed E-state index contributed by atoms with van der Waals surface area (Å²) in [7, 11) is -3.87. The number of nitrogens with zero attached hydrogens (tertiary/aromatic N) is 2.